The molecule has 1 saturated heterocycles. The summed E-state index contributed by atoms with van der Waals surface area (Å²) >= 11 is 2.03. The monoisotopic (exact) mass is 303 g/mol. The van der Waals surface area contributed by atoms with Crippen LogP contribution >= 0.6 is 11.8 Å². The molecular formula is C17H25N3S. The molecule has 1 heterocycles. The van der Waals surface area contributed by atoms with E-state index < -0.39 is 0 Å². The Balaban J connectivity index is 2.18. The van der Waals surface area contributed by atoms with Crippen molar-refractivity contribution in [3.63, 3.8) is 0 Å². The molecule has 4 heteroatoms. The number of thioether (sulfide) groups is 1. The Morgan fingerprint density at radius 2 is 2.00 bits per heavy atom. The van der Waals surface area contributed by atoms with Gasteiger partial charge in [0.2, 0.25) is 0 Å². The second kappa shape index (κ2) is 7.20. The van der Waals surface area contributed by atoms with E-state index in [0.717, 1.165) is 30.9 Å². The van der Waals surface area contributed by atoms with Gasteiger partial charge in [-0.25, -0.2) is 0 Å². The highest BCUT2D eigenvalue weighted by Crippen LogP contribution is 2.30. The van der Waals surface area contributed by atoms with E-state index in [4.69, 9.17) is 0 Å². The summed E-state index contributed by atoms with van der Waals surface area (Å²) < 4.78 is 0. The summed E-state index contributed by atoms with van der Waals surface area (Å²) in [7, 11) is 0. The molecule has 1 aromatic carbocycles. The van der Waals surface area contributed by atoms with E-state index in [1.54, 1.807) is 0 Å². The van der Waals surface area contributed by atoms with Crippen LogP contribution in [0.2, 0.25) is 0 Å². The Hall–Kier alpha value is -1.18. The normalized spacial score (nSPS) is 22.4. The summed E-state index contributed by atoms with van der Waals surface area (Å²) in [5, 5.41) is 14.1. The fourth-order valence-electron chi connectivity index (χ4n) is 2.76. The average molecular weight is 303 g/mol. The summed E-state index contributed by atoms with van der Waals surface area (Å²) in [5.74, 6) is 0. The summed E-state index contributed by atoms with van der Waals surface area (Å²) in [6.07, 6.45) is 0. The van der Waals surface area contributed by atoms with Crippen molar-refractivity contribution in [1.82, 2.24) is 5.32 Å². The molecule has 0 spiro atoms. The predicted octanol–water partition coefficient (Wildman–Crippen LogP) is 3.39. The number of hydrogen-bond acceptors (Lipinski definition) is 4. The zero-order valence-electron chi connectivity index (χ0n) is 13.4. The van der Waals surface area contributed by atoms with Crippen molar-refractivity contribution in [2.24, 2.45) is 0 Å². The van der Waals surface area contributed by atoms with Gasteiger partial charge >= 0.3 is 0 Å². The molecule has 2 rings (SSSR count). The van der Waals surface area contributed by atoms with E-state index in [9.17, 15) is 5.26 Å². The zero-order valence-corrected chi connectivity index (χ0v) is 14.2. The van der Waals surface area contributed by atoms with Gasteiger partial charge in [-0.2, -0.15) is 17.0 Å². The van der Waals surface area contributed by atoms with Crippen molar-refractivity contribution in [2.75, 3.05) is 18.0 Å². The van der Waals surface area contributed by atoms with E-state index in [-0.39, 0.29) is 0 Å². The minimum absolute atomic E-state index is 0.455. The molecule has 1 N–H and O–H groups in total. The third kappa shape index (κ3) is 4.39. The van der Waals surface area contributed by atoms with Gasteiger partial charge in [0.25, 0.3) is 0 Å². The molecule has 0 bridgehead atoms. The van der Waals surface area contributed by atoms with Crippen LogP contribution in [0.4, 0.5) is 5.69 Å². The second-order valence-electron chi connectivity index (χ2n) is 6.16. The number of hydrogen-bond donors (Lipinski definition) is 1. The van der Waals surface area contributed by atoms with Gasteiger partial charge in [0.05, 0.1) is 11.3 Å². The number of nitrogens with one attached hydrogen (secondary N) is 1. The van der Waals surface area contributed by atoms with E-state index in [1.165, 1.54) is 5.56 Å². The molecule has 0 saturated carbocycles. The van der Waals surface area contributed by atoms with Gasteiger partial charge in [0, 0.05) is 36.2 Å². The maximum Gasteiger partial charge on any atom is 0.101 e. The van der Waals surface area contributed by atoms with E-state index in [0.29, 0.717) is 16.5 Å². The van der Waals surface area contributed by atoms with Crippen LogP contribution in [0.3, 0.4) is 0 Å². The maximum absolute atomic E-state index is 9.48. The fraction of sp³-hybridized carbons (Fsp3) is 0.588. The quantitative estimate of drug-likeness (QED) is 0.925. The largest absolute Gasteiger partial charge is 0.368 e. The molecule has 1 fully saturated rings. The third-order valence-corrected chi connectivity index (χ3v) is 4.88. The van der Waals surface area contributed by atoms with Crippen molar-refractivity contribution < 1.29 is 0 Å². The van der Waals surface area contributed by atoms with Gasteiger partial charge in [-0.3, -0.25) is 0 Å². The summed E-state index contributed by atoms with van der Waals surface area (Å²) in [6, 6.07) is 9.12. The highest BCUT2D eigenvalue weighted by Gasteiger charge is 2.24. The first kappa shape index (κ1) is 16.2. The first-order valence-electron chi connectivity index (χ1n) is 7.66. The molecule has 0 aromatic heterocycles. The molecule has 1 aliphatic heterocycles. The Morgan fingerprint density at radius 1 is 1.33 bits per heavy atom. The van der Waals surface area contributed by atoms with Crippen LogP contribution in [0.25, 0.3) is 0 Å². The van der Waals surface area contributed by atoms with Crippen molar-refractivity contribution >= 4 is 17.4 Å². The van der Waals surface area contributed by atoms with E-state index in [1.807, 2.05) is 17.8 Å². The predicted molar refractivity (Wildman–Crippen MR) is 91.9 cm³/mol. The van der Waals surface area contributed by atoms with Crippen LogP contribution in [0.5, 0.6) is 0 Å². The highest BCUT2D eigenvalue weighted by atomic mass is 32.2. The Morgan fingerprint density at radius 3 is 2.57 bits per heavy atom. The first-order valence-corrected chi connectivity index (χ1v) is 8.60. The molecule has 114 valence electrons. The topological polar surface area (TPSA) is 39.1 Å². The average Bonchev–Trinajstić information content (AvgIpc) is 2.43. The standard InChI is InChI=1S/C17H25N3S/c1-12(2)19-9-15-5-6-17(16(7-15)8-18)20-10-13(3)21-14(4)11-20/h5-7,12-14,19H,9-11H2,1-4H3. The summed E-state index contributed by atoms with van der Waals surface area (Å²) in [5.41, 5.74) is 3.06. The smallest absolute Gasteiger partial charge is 0.101 e. The summed E-state index contributed by atoms with van der Waals surface area (Å²) in [6.45, 7) is 11.7. The molecule has 2 atom stereocenters. The third-order valence-electron chi connectivity index (χ3n) is 3.66. The van der Waals surface area contributed by atoms with Crippen LogP contribution in [0.1, 0.15) is 38.8 Å². The van der Waals surface area contributed by atoms with Crippen LogP contribution in [0.15, 0.2) is 18.2 Å². The summed E-state index contributed by atoms with van der Waals surface area (Å²) in [4.78, 5) is 2.37. The van der Waals surface area contributed by atoms with E-state index >= 15 is 0 Å². The molecule has 0 aliphatic carbocycles. The zero-order chi connectivity index (χ0) is 15.4. The van der Waals surface area contributed by atoms with Crippen molar-refractivity contribution in [1.29, 1.82) is 5.26 Å². The molecular weight excluding hydrogens is 278 g/mol. The Labute approximate surface area is 132 Å². The molecule has 1 aromatic rings. The number of nitrogens with zero attached hydrogens (tertiary/aromatic N) is 2. The minimum Gasteiger partial charge on any atom is -0.368 e. The van der Waals surface area contributed by atoms with Gasteiger partial charge in [-0.15, -0.1) is 0 Å². The number of benzene rings is 1. The first-order chi connectivity index (χ1) is 9.99. The van der Waals surface area contributed by atoms with Crippen LogP contribution < -0.4 is 10.2 Å². The van der Waals surface area contributed by atoms with Crippen molar-refractivity contribution in [2.45, 2.75) is 50.8 Å². The van der Waals surface area contributed by atoms with Gasteiger partial charge in [-0.1, -0.05) is 33.8 Å². The molecule has 0 radical (unpaired) electrons. The lowest BCUT2D eigenvalue weighted by molar-refractivity contribution is 0.589. The van der Waals surface area contributed by atoms with Crippen molar-refractivity contribution in [3.8, 4) is 6.07 Å². The molecule has 1 aliphatic rings. The number of anilines is 1. The van der Waals surface area contributed by atoms with Crippen molar-refractivity contribution in [3.05, 3.63) is 29.3 Å². The maximum atomic E-state index is 9.48. The fourth-order valence-corrected chi connectivity index (χ4v) is 4.08. The lowest BCUT2D eigenvalue weighted by Crippen LogP contribution is -2.40. The molecule has 21 heavy (non-hydrogen) atoms. The molecule has 0 amide bonds. The van der Waals surface area contributed by atoms with E-state index in [2.05, 4.69) is 56.1 Å². The molecule has 2 unspecified atom stereocenters. The van der Waals surface area contributed by atoms with Gasteiger partial charge < -0.3 is 10.2 Å². The lowest BCUT2D eigenvalue weighted by atomic mass is 10.1. The van der Waals surface area contributed by atoms with Crippen LogP contribution in [0, 0.1) is 11.3 Å². The SMILES string of the molecule is CC(C)NCc1ccc(N2CC(C)SC(C)C2)c(C#N)c1. The van der Waals surface area contributed by atoms with Crippen LogP contribution in [-0.4, -0.2) is 29.6 Å². The number of nitriles is 1. The number of rotatable bonds is 4. The van der Waals surface area contributed by atoms with Crippen LogP contribution in [-0.2, 0) is 6.54 Å². The van der Waals surface area contributed by atoms with Gasteiger partial charge in [-0.05, 0) is 17.7 Å². The van der Waals surface area contributed by atoms with Gasteiger partial charge in [0.1, 0.15) is 6.07 Å². The Kier molecular flexibility index (Phi) is 5.55. The second-order valence-corrected chi connectivity index (χ2v) is 8.04. The highest BCUT2D eigenvalue weighted by molar-refractivity contribution is 8.00. The minimum atomic E-state index is 0.455. The lowest BCUT2D eigenvalue weighted by Gasteiger charge is -2.36. The molecule has 3 nitrogen and oxygen atoms in total. The van der Waals surface area contributed by atoms with Gasteiger partial charge in [0.15, 0.2) is 0 Å². The Bertz CT molecular complexity index is 511.